The van der Waals surface area contributed by atoms with Crippen molar-refractivity contribution in [1.82, 2.24) is 5.32 Å². The summed E-state index contributed by atoms with van der Waals surface area (Å²) in [5.74, 6) is 0.915. The summed E-state index contributed by atoms with van der Waals surface area (Å²) in [7, 11) is 1.70. The molecular weight excluding hydrogens is 242 g/mol. The Morgan fingerprint density at radius 2 is 1.89 bits per heavy atom. The summed E-state index contributed by atoms with van der Waals surface area (Å²) < 4.78 is 5.47. The minimum atomic E-state index is 0.278. The number of ether oxygens (including phenoxy) is 1. The van der Waals surface area contributed by atoms with Gasteiger partial charge in [-0.25, -0.2) is 0 Å². The molecule has 1 aromatic rings. The molecule has 0 fully saturated rings. The molecule has 0 spiro atoms. The van der Waals surface area contributed by atoms with Gasteiger partial charge < -0.3 is 10.1 Å². The van der Waals surface area contributed by atoms with Crippen LogP contribution in [0.3, 0.4) is 0 Å². The Kier molecular flexibility index (Phi) is 6.03. The van der Waals surface area contributed by atoms with E-state index in [2.05, 4.69) is 44.5 Å². The lowest BCUT2D eigenvalue weighted by Gasteiger charge is -2.26. The molecule has 0 saturated heterocycles. The van der Waals surface area contributed by atoms with Crippen molar-refractivity contribution in [2.24, 2.45) is 0 Å². The molecule has 1 N–H and O–H groups in total. The molecule has 2 nitrogen and oxygen atoms in total. The van der Waals surface area contributed by atoms with Crippen LogP contribution < -0.4 is 10.1 Å². The van der Waals surface area contributed by atoms with Crippen molar-refractivity contribution >= 4 is 11.8 Å². The standard InChI is InChI=1S/C15H25NOS/c1-6-14(16-11-15(2,3)18-5)12-7-9-13(17-4)10-8-12/h7-10,14,16H,6,11H2,1-5H3. The first-order valence-corrected chi connectivity index (χ1v) is 7.67. The second-order valence-electron chi connectivity index (χ2n) is 5.08. The molecule has 0 heterocycles. The molecule has 0 aliphatic heterocycles. The van der Waals surface area contributed by atoms with E-state index in [-0.39, 0.29) is 4.75 Å². The molecule has 102 valence electrons. The molecule has 0 aliphatic carbocycles. The summed E-state index contributed by atoms with van der Waals surface area (Å²) in [6.07, 6.45) is 3.26. The van der Waals surface area contributed by atoms with E-state index in [1.807, 2.05) is 23.9 Å². The van der Waals surface area contributed by atoms with Crippen LogP contribution >= 0.6 is 11.8 Å². The first-order chi connectivity index (χ1) is 8.52. The maximum atomic E-state index is 5.19. The molecule has 0 aromatic heterocycles. The highest BCUT2D eigenvalue weighted by Gasteiger charge is 2.18. The van der Waals surface area contributed by atoms with E-state index in [9.17, 15) is 0 Å². The van der Waals surface area contributed by atoms with Crippen LogP contribution in [-0.4, -0.2) is 24.7 Å². The monoisotopic (exact) mass is 267 g/mol. The molecule has 18 heavy (non-hydrogen) atoms. The third-order valence-electron chi connectivity index (χ3n) is 3.25. The van der Waals surface area contributed by atoms with Crippen LogP contribution in [0.15, 0.2) is 24.3 Å². The molecule has 0 bridgehead atoms. The number of benzene rings is 1. The predicted octanol–water partition coefficient (Wildman–Crippen LogP) is 3.88. The van der Waals surface area contributed by atoms with Gasteiger partial charge >= 0.3 is 0 Å². The Hall–Kier alpha value is -0.670. The zero-order chi connectivity index (χ0) is 13.6. The highest BCUT2D eigenvalue weighted by atomic mass is 32.2. The van der Waals surface area contributed by atoms with Gasteiger partial charge in [0.25, 0.3) is 0 Å². The topological polar surface area (TPSA) is 21.3 Å². The van der Waals surface area contributed by atoms with Crippen LogP contribution in [0.2, 0.25) is 0 Å². The largest absolute Gasteiger partial charge is 0.497 e. The summed E-state index contributed by atoms with van der Waals surface area (Å²) in [4.78, 5) is 0. The van der Waals surface area contributed by atoms with Gasteiger partial charge in [0.15, 0.2) is 0 Å². The second-order valence-corrected chi connectivity index (χ2v) is 6.59. The third kappa shape index (κ3) is 4.54. The number of hydrogen-bond donors (Lipinski definition) is 1. The highest BCUT2D eigenvalue weighted by Crippen LogP contribution is 2.24. The maximum absolute atomic E-state index is 5.19. The molecule has 0 saturated carbocycles. The lowest BCUT2D eigenvalue weighted by molar-refractivity contribution is 0.414. The number of thioether (sulfide) groups is 1. The Labute approximate surface area is 116 Å². The molecule has 0 amide bonds. The highest BCUT2D eigenvalue weighted by molar-refractivity contribution is 7.99. The molecule has 1 atom stereocenters. The Morgan fingerprint density at radius 1 is 1.28 bits per heavy atom. The van der Waals surface area contributed by atoms with Crippen molar-refractivity contribution in [3.63, 3.8) is 0 Å². The number of rotatable bonds is 7. The molecule has 1 aromatic carbocycles. The quantitative estimate of drug-likeness (QED) is 0.810. The molecule has 0 aliphatic rings. The van der Waals surface area contributed by atoms with E-state index < -0.39 is 0 Å². The van der Waals surface area contributed by atoms with Gasteiger partial charge in [-0.1, -0.05) is 19.1 Å². The fourth-order valence-electron chi connectivity index (χ4n) is 1.78. The third-order valence-corrected chi connectivity index (χ3v) is 4.50. The van der Waals surface area contributed by atoms with Crippen LogP contribution in [0.5, 0.6) is 5.75 Å². The van der Waals surface area contributed by atoms with Gasteiger partial charge in [-0.15, -0.1) is 0 Å². The second kappa shape index (κ2) is 7.05. The van der Waals surface area contributed by atoms with Gasteiger partial charge in [0.2, 0.25) is 0 Å². The van der Waals surface area contributed by atoms with Gasteiger partial charge in [0.1, 0.15) is 5.75 Å². The lowest BCUT2D eigenvalue weighted by atomic mass is 10.0. The zero-order valence-electron chi connectivity index (χ0n) is 12.1. The van der Waals surface area contributed by atoms with Crippen molar-refractivity contribution in [2.45, 2.75) is 38.0 Å². The van der Waals surface area contributed by atoms with E-state index in [1.54, 1.807) is 7.11 Å². The zero-order valence-corrected chi connectivity index (χ0v) is 12.9. The van der Waals surface area contributed by atoms with Crippen molar-refractivity contribution in [2.75, 3.05) is 19.9 Å². The molecule has 3 heteroatoms. The molecule has 0 radical (unpaired) electrons. The Bertz CT molecular complexity index is 348. The molecule has 1 unspecified atom stereocenters. The average Bonchev–Trinajstić information content (AvgIpc) is 2.40. The maximum Gasteiger partial charge on any atom is 0.118 e. The fourth-order valence-corrected chi connectivity index (χ4v) is 2.00. The van der Waals surface area contributed by atoms with Crippen molar-refractivity contribution in [3.05, 3.63) is 29.8 Å². The van der Waals surface area contributed by atoms with E-state index in [4.69, 9.17) is 4.74 Å². The smallest absolute Gasteiger partial charge is 0.118 e. The van der Waals surface area contributed by atoms with Gasteiger partial charge in [-0.05, 0) is 44.2 Å². The summed E-state index contributed by atoms with van der Waals surface area (Å²) in [5, 5.41) is 3.65. The SMILES string of the molecule is CCC(NCC(C)(C)SC)c1ccc(OC)cc1. The number of nitrogens with one attached hydrogen (secondary N) is 1. The summed E-state index contributed by atoms with van der Waals surface area (Å²) in [5.41, 5.74) is 1.33. The number of methoxy groups -OCH3 is 1. The van der Waals surface area contributed by atoms with E-state index in [0.717, 1.165) is 18.7 Å². The van der Waals surface area contributed by atoms with Crippen molar-refractivity contribution in [1.29, 1.82) is 0 Å². The summed E-state index contributed by atoms with van der Waals surface area (Å²) in [6.45, 7) is 7.77. The Balaban J connectivity index is 2.65. The Morgan fingerprint density at radius 3 is 2.33 bits per heavy atom. The normalized spacial score (nSPS) is 13.4. The van der Waals surface area contributed by atoms with Crippen LogP contribution in [0, 0.1) is 0 Å². The van der Waals surface area contributed by atoms with Crippen LogP contribution in [0.4, 0.5) is 0 Å². The first kappa shape index (κ1) is 15.4. The van der Waals surface area contributed by atoms with Crippen LogP contribution in [0.1, 0.15) is 38.8 Å². The lowest BCUT2D eigenvalue weighted by Crippen LogP contribution is -2.34. The summed E-state index contributed by atoms with van der Waals surface area (Å²) >= 11 is 1.90. The predicted molar refractivity (Wildman–Crippen MR) is 81.6 cm³/mol. The van der Waals surface area contributed by atoms with E-state index >= 15 is 0 Å². The van der Waals surface area contributed by atoms with E-state index in [0.29, 0.717) is 6.04 Å². The van der Waals surface area contributed by atoms with Gasteiger partial charge in [0, 0.05) is 17.3 Å². The van der Waals surface area contributed by atoms with Crippen molar-refractivity contribution < 1.29 is 4.74 Å². The fraction of sp³-hybridized carbons (Fsp3) is 0.600. The van der Waals surface area contributed by atoms with Crippen LogP contribution in [0.25, 0.3) is 0 Å². The van der Waals surface area contributed by atoms with E-state index in [1.165, 1.54) is 5.56 Å². The average molecular weight is 267 g/mol. The minimum absolute atomic E-state index is 0.278. The minimum Gasteiger partial charge on any atom is -0.497 e. The van der Waals surface area contributed by atoms with Crippen LogP contribution in [-0.2, 0) is 0 Å². The molecular formula is C15H25NOS. The van der Waals surface area contributed by atoms with Gasteiger partial charge in [0.05, 0.1) is 7.11 Å². The summed E-state index contributed by atoms with van der Waals surface area (Å²) in [6, 6.07) is 8.76. The van der Waals surface area contributed by atoms with Gasteiger partial charge in [-0.2, -0.15) is 11.8 Å². The number of hydrogen-bond acceptors (Lipinski definition) is 3. The first-order valence-electron chi connectivity index (χ1n) is 6.45. The molecule has 1 rings (SSSR count). The van der Waals surface area contributed by atoms with Crippen molar-refractivity contribution in [3.8, 4) is 5.75 Å². The van der Waals surface area contributed by atoms with Gasteiger partial charge in [-0.3, -0.25) is 0 Å².